The lowest BCUT2D eigenvalue weighted by Gasteiger charge is -2.11. The van der Waals surface area contributed by atoms with Gasteiger partial charge in [-0.05, 0) is 37.8 Å². The largest absolute Gasteiger partial charge is 0.493 e. The van der Waals surface area contributed by atoms with Crippen LogP contribution in [0.1, 0.15) is 32.3 Å². The number of aliphatic imine (C=N–C) groups is 1. The van der Waals surface area contributed by atoms with E-state index in [1.54, 1.807) is 0 Å². The third-order valence-corrected chi connectivity index (χ3v) is 3.70. The first kappa shape index (κ1) is 15.7. The van der Waals surface area contributed by atoms with E-state index >= 15 is 0 Å². The Morgan fingerprint density at radius 3 is 2.81 bits per heavy atom. The van der Waals surface area contributed by atoms with Gasteiger partial charge in [-0.2, -0.15) is 0 Å². The van der Waals surface area contributed by atoms with Gasteiger partial charge in [-0.1, -0.05) is 25.1 Å². The Balaban J connectivity index is 1.68. The van der Waals surface area contributed by atoms with E-state index in [2.05, 4.69) is 42.5 Å². The van der Waals surface area contributed by atoms with Crippen molar-refractivity contribution in [2.75, 3.05) is 19.7 Å². The van der Waals surface area contributed by atoms with Gasteiger partial charge in [0.2, 0.25) is 0 Å². The lowest BCUT2D eigenvalue weighted by atomic mass is 10.2. The number of guanidine groups is 1. The topological polar surface area (TPSA) is 45.7 Å². The molecule has 1 fully saturated rings. The molecule has 2 N–H and O–H groups in total. The van der Waals surface area contributed by atoms with Gasteiger partial charge in [0, 0.05) is 25.6 Å². The van der Waals surface area contributed by atoms with E-state index in [9.17, 15) is 0 Å². The Morgan fingerprint density at radius 2 is 2.14 bits per heavy atom. The highest BCUT2D eigenvalue weighted by Crippen LogP contribution is 2.28. The van der Waals surface area contributed by atoms with Crippen molar-refractivity contribution in [2.45, 2.75) is 39.7 Å². The summed E-state index contributed by atoms with van der Waals surface area (Å²) in [5.41, 5.74) is 1.18. The smallest absolute Gasteiger partial charge is 0.191 e. The third-order valence-electron chi connectivity index (χ3n) is 3.70. The second kappa shape index (κ2) is 7.91. The Kier molecular flexibility index (Phi) is 5.90. The molecule has 0 spiro atoms. The van der Waals surface area contributed by atoms with Gasteiger partial charge in [0.15, 0.2) is 5.96 Å². The Hall–Kier alpha value is -1.71. The first-order valence-electron chi connectivity index (χ1n) is 7.94. The van der Waals surface area contributed by atoms with E-state index < -0.39 is 0 Å². The monoisotopic (exact) mass is 289 g/mol. The number of hydrogen-bond acceptors (Lipinski definition) is 2. The molecule has 0 aliphatic heterocycles. The van der Waals surface area contributed by atoms with Gasteiger partial charge in [0.05, 0.1) is 6.61 Å². The molecule has 21 heavy (non-hydrogen) atoms. The summed E-state index contributed by atoms with van der Waals surface area (Å²) in [5, 5.41) is 6.75. The van der Waals surface area contributed by atoms with E-state index in [0.717, 1.165) is 37.1 Å². The predicted octanol–water partition coefficient (Wildman–Crippen LogP) is 2.73. The normalized spacial score (nSPS) is 21.0. The second-order valence-electron chi connectivity index (χ2n) is 5.69. The van der Waals surface area contributed by atoms with Crippen LogP contribution in [0.4, 0.5) is 0 Å². The second-order valence-corrected chi connectivity index (χ2v) is 5.69. The first-order chi connectivity index (χ1) is 10.2. The molecule has 0 aromatic heterocycles. The average Bonchev–Trinajstić information content (AvgIpc) is 3.16. The maximum atomic E-state index is 5.78. The highest BCUT2D eigenvalue weighted by Gasteiger charge is 2.33. The molecular formula is C17H27N3O. The summed E-state index contributed by atoms with van der Waals surface area (Å²) in [6, 6.07) is 8.71. The SMILES string of the molecule is CCNC(=NCCCOc1ccccc1C)NC1CC1C. The van der Waals surface area contributed by atoms with Crippen LogP contribution in [0.3, 0.4) is 0 Å². The Morgan fingerprint density at radius 1 is 1.38 bits per heavy atom. The minimum atomic E-state index is 0.603. The lowest BCUT2D eigenvalue weighted by Crippen LogP contribution is -2.39. The number of nitrogens with one attached hydrogen (secondary N) is 2. The summed E-state index contributed by atoms with van der Waals surface area (Å²) in [6.45, 7) is 8.80. The van der Waals surface area contributed by atoms with E-state index in [-0.39, 0.29) is 0 Å². The number of aryl methyl sites for hydroxylation is 1. The standard InChI is InChI=1S/C17H27N3O/c1-4-18-17(20-15-12-14(15)3)19-10-7-11-21-16-9-6-5-8-13(16)2/h5-6,8-9,14-15H,4,7,10-12H2,1-3H3,(H2,18,19,20). The Labute approximate surface area is 128 Å². The third kappa shape index (κ3) is 5.29. The molecule has 1 aromatic carbocycles. The van der Waals surface area contributed by atoms with Crippen LogP contribution in [-0.2, 0) is 0 Å². The molecule has 116 valence electrons. The number of benzene rings is 1. The van der Waals surface area contributed by atoms with Crippen molar-refractivity contribution in [3.63, 3.8) is 0 Å². The van der Waals surface area contributed by atoms with Crippen molar-refractivity contribution < 1.29 is 4.74 Å². The molecule has 4 heteroatoms. The van der Waals surface area contributed by atoms with Crippen LogP contribution in [0, 0.1) is 12.8 Å². The first-order valence-corrected chi connectivity index (χ1v) is 7.94. The molecule has 1 aromatic rings. The molecule has 0 heterocycles. The maximum Gasteiger partial charge on any atom is 0.191 e. The summed E-state index contributed by atoms with van der Waals surface area (Å²) in [7, 11) is 0. The molecule has 0 bridgehead atoms. The van der Waals surface area contributed by atoms with E-state index in [1.165, 1.54) is 12.0 Å². The van der Waals surface area contributed by atoms with Crippen LogP contribution < -0.4 is 15.4 Å². The highest BCUT2D eigenvalue weighted by atomic mass is 16.5. The van der Waals surface area contributed by atoms with Crippen LogP contribution in [0.5, 0.6) is 5.75 Å². The van der Waals surface area contributed by atoms with Gasteiger partial charge in [0.1, 0.15) is 5.75 Å². The maximum absolute atomic E-state index is 5.78. The van der Waals surface area contributed by atoms with Crippen molar-refractivity contribution in [1.29, 1.82) is 0 Å². The molecule has 2 atom stereocenters. The molecule has 0 amide bonds. The van der Waals surface area contributed by atoms with Crippen molar-refractivity contribution >= 4 is 5.96 Å². The highest BCUT2D eigenvalue weighted by molar-refractivity contribution is 5.80. The van der Waals surface area contributed by atoms with Crippen LogP contribution >= 0.6 is 0 Å². The van der Waals surface area contributed by atoms with Gasteiger partial charge < -0.3 is 15.4 Å². The average molecular weight is 289 g/mol. The van der Waals surface area contributed by atoms with Gasteiger partial charge in [-0.15, -0.1) is 0 Å². The minimum Gasteiger partial charge on any atom is -0.493 e. The fraction of sp³-hybridized carbons (Fsp3) is 0.588. The molecule has 1 saturated carbocycles. The molecular weight excluding hydrogens is 262 g/mol. The van der Waals surface area contributed by atoms with E-state index in [4.69, 9.17) is 4.74 Å². The molecule has 4 nitrogen and oxygen atoms in total. The Bertz CT molecular complexity index is 473. The number of para-hydroxylation sites is 1. The molecule has 0 saturated heterocycles. The van der Waals surface area contributed by atoms with Crippen LogP contribution in [0.15, 0.2) is 29.3 Å². The van der Waals surface area contributed by atoms with Crippen molar-refractivity contribution in [3.8, 4) is 5.75 Å². The van der Waals surface area contributed by atoms with Crippen LogP contribution in [0.2, 0.25) is 0 Å². The number of ether oxygens (including phenoxy) is 1. The lowest BCUT2D eigenvalue weighted by molar-refractivity contribution is 0.311. The quantitative estimate of drug-likeness (QED) is 0.461. The van der Waals surface area contributed by atoms with Gasteiger partial charge in [-0.25, -0.2) is 0 Å². The summed E-state index contributed by atoms with van der Waals surface area (Å²) < 4.78 is 5.78. The molecule has 1 aliphatic rings. The zero-order valence-corrected chi connectivity index (χ0v) is 13.4. The number of hydrogen-bond donors (Lipinski definition) is 2. The van der Waals surface area contributed by atoms with E-state index in [0.29, 0.717) is 12.6 Å². The van der Waals surface area contributed by atoms with Gasteiger partial charge >= 0.3 is 0 Å². The van der Waals surface area contributed by atoms with Gasteiger partial charge in [-0.3, -0.25) is 4.99 Å². The fourth-order valence-corrected chi connectivity index (χ4v) is 2.17. The number of nitrogens with zero attached hydrogens (tertiary/aromatic N) is 1. The van der Waals surface area contributed by atoms with E-state index in [1.807, 2.05) is 18.2 Å². The van der Waals surface area contributed by atoms with Gasteiger partial charge in [0.25, 0.3) is 0 Å². The van der Waals surface area contributed by atoms with Crippen molar-refractivity contribution in [1.82, 2.24) is 10.6 Å². The summed E-state index contributed by atoms with van der Waals surface area (Å²) in [6.07, 6.45) is 2.17. The molecule has 1 aliphatic carbocycles. The molecule has 2 rings (SSSR count). The molecule has 0 radical (unpaired) electrons. The zero-order valence-electron chi connectivity index (χ0n) is 13.4. The van der Waals surface area contributed by atoms with Crippen LogP contribution in [-0.4, -0.2) is 31.7 Å². The number of rotatable bonds is 7. The summed E-state index contributed by atoms with van der Waals surface area (Å²) >= 11 is 0. The predicted molar refractivity (Wildman–Crippen MR) is 88.0 cm³/mol. The van der Waals surface area contributed by atoms with Crippen molar-refractivity contribution in [3.05, 3.63) is 29.8 Å². The van der Waals surface area contributed by atoms with Crippen LogP contribution in [0.25, 0.3) is 0 Å². The zero-order chi connectivity index (χ0) is 15.1. The fourth-order valence-electron chi connectivity index (χ4n) is 2.17. The summed E-state index contributed by atoms with van der Waals surface area (Å²) in [4.78, 5) is 4.60. The molecule has 2 unspecified atom stereocenters. The van der Waals surface area contributed by atoms with Crippen molar-refractivity contribution in [2.24, 2.45) is 10.9 Å². The minimum absolute atomic E-state index is 0.603. The summed E-state index contributed by atoms with van der Waals surface area (Å²) in [5.74, 6) is 2.68.